The van der Waals surface area contributed by atoms with Gasteiger partial charge in [-0.2, -0.15) is 13.2 Å². The van der Waals surface area contributed by atoms with Crippen LogP contribution in [0.1, 0.15) is 50.3 Å². The first-order valence-electron chi connectivity index (χ1n) is 8.36. The van der Waals surface area contributed by atoms with E-state index in [1.807, 2.05) is 12.1 Å². The summed E-state index contributed by atoms with van der Waals surface area (Å²) in [5, 5.41) is 0. The maximum absolute atomic E-state index is 13.3. The smallest absolute Gasteiger partial charge is 0.377 e. The Labute approximate surface area is 136 Å². The van der Waals surface area contributed by atoms with Gasteiger partial charge in [-0.1, -0.05) is 27.7 Å². The number of hydrogen-bond donors (Lipinski definition) is 0. The lowest BCUT2D eigenvalue weighted by Gasteiger charge is -2.39. The second kappa shape index (κ2) is 7.12. The standard InChI is InChI=1S/C18H26F3NO/c1-5-13-9-14(10-16(12(3)4)15(13)6-2)22-7-8-23-11-17(22)18(19,20)21/h9-10,12,17H,5-8,11H2,1-4H3/t17-/m1/s1. The predicted octanol–water partition coefficient (Wildman–Crippen LogP) is 4.70. The Balaban J connectivity index is 2.51. The summed E-state index contributed by atoms with van der Waals surface area (Å²) in [5.74, 6) is 0.292. The van der Waals surface area contributed by atoms with Gasteiger partial charge in [0.05, 0.1) is 13.2 Å². The highest BCUT2D eigenvalue weighted by Gasteiger charge is 2.45. The van der Waals surface area contributed by atoms with Crippen molar-refractivity contribution in [3.05, 3.63) is 28.8 Å². The van der Waals surface area contributed by atoms with Crippen molar-refractivity contribution in [3.63, 3.8) is 0 Å². The quantitative estimate of drug-likeness (QED) is 0.794. The van der Waals surface area contributed by atoms with Crippen LogP contribution in [0.5, 0.6) is 0 Å². The van der Waals surface area contributed by atoms with E-state index >= 15 is 0 Å². The van der Waals surface area contributed by atoms with Crippen LogP contribution in [-0.4, -0.2) is 32.0 Å². The molecule has 0 aromatic heterocycles. The average Bonchev–Trinajstić information content (AvgIpc) is 2.52. The van der Waals surface area contributed by atoms with Crippen molar-refractivity contribution in [2.45, 2.75) is 58.7 Å². The molecule has 0 spiro atoms. The normalized spacial score (nSPS) is 19.5. The minimum absolute atomic E-state index is 0.274. The van der Waals surface area contributed by atoms with E-state index in [-0.39, 0.29) is 13.2 Å². The van der Waals surface area contributed by atoms with E-state index in [2.05, 4.69) is 27.7 Å². The third kappa shape index (κ3) is 3.82. The highest BCUT2D eigenvalue weighted by atomic mass is 19.4. The van der Waals surface area contributed by atoms with Gasteiger partial charge >= 0.3 is 6.18 Å². The highest BCUT2D eigenvalue weighted by molar-refractivity contribution is 5.57. The maximum Gasteiger partial charge on any atom is 0.411 e. The number of aryl methyl sites for hydroxylation is 1. The Morgan fingerprint density at radius 3 is 2.43 bits per heavy atom. The van der Waals surface area contributed by atoms with Gasteiger partial charge in [0, 0.05) is 12.2 Å². The monoisotopic (exact) mass is 329 g/mol. The number of hydrogen-bond acceptors (Lipinski definition) is 2. The van der Waals surface area contributed by atoms with Crippen molar-refractivity contribution >= 4 is 5.69 Å². The molecule has 1 aromatic rings. The van der Waals surface area contributed by atoms with Gasteiger partial charge in [-0.3, -0.25) is 0 Å². The Morgan fingerprint density at radius 1 is 1.22 bits per heavy atom. The van der Waals surface area contributed by atoms with Gasteiger partial charge in [0.2, 0.25) is 0 Å². The summed E-state index contributed by atoms with van der Waals surface area (Å²) in [7, 11) is 0. The summed E-state index contributed by atoms with van der Waals surface area (Å²) >= 11 is 0. The van der Waals surface area contributed by atoms with Crippen LogP contribution in [-0.2, 0) is 17.6 Å². The first-order valence-corrected chi connectivity index (χ1v) is 8.36. The number of morpholine rings is 1. The molecule has 0 N–H and O–H groups in total. The van der Waals surface area contributed by atoms with E-state index < -0.39 is 12.2 Å². The van der Waals surface area contributed by atoms with Crippen LogP contribution >= 0.6 is 0 Å². The van der Waals surface area contributed by atoms with Crippen molar-refractivity contribution in [2.75, 3.05) is 24.7 Å². The van der Waals surface area contributed by atoms with E-state index in [0.29, 0.717) is 18.2 Å². The summed E-state index contributed by atoms with van der Waals surface area (Å²) in [5.41, 5.74) is 4.27. The van der Waals surface area contributed by atoms with Crippen LogP contribution in [0.3, 0.4) is 0 Å². The average molecular weight is 329 g/mol. The van der Waals surface area contributed by atoms with Crippen LogP contribution < -0.4 is 4.90 Å². The summed E-state index contributed by atoms with van der Waals surface area (Å²) in [6.07, 6.45) is -2.55. The lowest BCUT2D eigenvalue weighted by Crippen LogP contribution is -2.53. The molecule has 0 unspecified atom stereocenters. The minimum atomic E-state index is -4.28. The van der Waals surface area contributed by atoms with Gasteiger partial charge in [0.25, 0.3) is 0 Å². The molecule has 5 heteroatoms. The van der Waals surface area contributed by atoms with E-state index in [0.717, 1.165) is 24.0 Å². The van der Waals surface area contributed by atoms with Crippen molar-refractivity contribution < 1.29 is 17.9 Å². The number of ether oxygens (including phenoxy) is 1. The zero-order valence-corrected chi connectivity index (χ0v) is 14.3. The second-order valence-electron chi connectivity index (χ2n) is 6.36. The molecule has 1 atom stereocenters. The first-order chi connectivity index (χ1) is 10.8. The van der Waals surface area contributed by atoms with Crippen LogP contribution in [0, 0.1) is 0 Å². The SMILES string of the molecule is CCc1cc(N2CCOC[C@@H]2C(F)(F)F)cc(C(C)C)c1CC. The van der Waals surface area contributed by atoms with Crippen molar-refractivity contribution in [1.82, 2.24) is 0 Å². The number of alkyl halides is 3. The molecule has 1 fully saturated rings. The van der Waals surface area contributed by atoms with Gasteiger partial charge in [0.1, 0.15) is 6.04 Å². The number of benzene rings is 1. The first kappa shape index (κ1) is 18.1. The molecular weight excluding hydrogens is 303 g/mol. The fourth-order valence-corrected chi connectivity index (χ4v) is 3.35. The summed E-state index contributed by atoms with van der Waals surface area (Å²) in [6.45, 7) is 8.67. The van der Waals surface area contributed by atoms with Gasteiger partial charge in [-0.05, 0) is 47.6 Å². The summed E-state index contributed by atoms with van der Waals surface area (Å²) < 4.78 is 45.1. The molecule has 23 heavy (non-hydrogen) atoms. The zero-order valence-electron chi connectivity index (χ0n) is 14.3. The predicted molar refractivity (Wildman–Crippen MR) is 87.3 cm³/mol. The van der Waals surface area contributed by atoms with E-state index in [1.165, 1.54) is 10.5 Å². The summed E-state index contributed by atoms with van der Waals surface area (Å²) in [6, 6.07) is 2.33. The molecule has 2 rings (SSSR count). The van der Waals surface area contributed by atoms with Gasteiger partial charge in [-0.15, -0.1) is 0 Å². The van der Waals surface area contributed by atoms with Crippen LogP contribution in [0.2, 0.25) is 0 Å². The fourth-order valence-electron chi connectivity index (χ4n) is 3.35. The third-order valence-corrected chi connectivity index (χ3v) is 4.56. The van der Waals surface area contributed by atoms with Crippen molar-refractivity contribution in [1.29, 1.82) is 0 Å². The van der Waals surface area contributed by atoms with E-state index in [4.69, 9.17) is 4.74 Å². The topological polar surface area (TPSA) is 12.5 Å². The van der Waals surface area contributed by atoms with Crippen LogP contribution in [0.4, 0.5) is 18.9 Å². The third-order valence-electron chi connectivity index (χ3n) is 4.56. The molecule has 0 radical (unpaired) electrons. The number of rotatable bonds is 4. The molecule has 0 bridgehead atoms. The minimum Gasteiger partial charge on any atom is -0.377 e. The van der Waals surface area contributed by atoms with Gasteiger partial charge < -0.3 is 9.64 Å². The molecule has 1 aliphatic heterocycles. The van der Waals surface area contributed by atoms with Crippen molar-refractivity contribution in [2.24, 2.45) is 0 Å². The molecule has 1 aliphatic rings. The largest absolute Gasteiger partial charge is 0.411 e. The Kier molecular flexibility index (Phi) is 5.61. The maximum atomic E-state index is 13.3. The molecule has 0 saturated carbocycles. The van der Waals surface area contributed by atoms with Gasteiger partial charge in [0.15, 0.2) is 0 Å². The number of anilines is 1. The van der Waals surface area contributed by atoms with E-state index in [9.17, 15) is 13.2 Å². The van der Waals surface area contributed by atoms with Crippen LogP contribution in [0.25, 0.3) is 0 Å². The van der Waals surface area contributed by atoms with Crippen molar-refractivity contribution in [3.8, 4) is 0 Å². The lowest BCUT2D eigenvalue weighted by molar-refractivity contribution is -0.167. The molecule has 130 valence electrons. The molecule has 0 aliphatic carbocycles. The van der Waals surface area contributed by atoms with Crippen LogP contribution in [0.15, 0.2) is 12.1 Å². The molecule has 1 heterocycles. The Morgan fingerprint density at radius 2 is 1.91 bits per heavy atom. The van der Waals surface area contributed by atoms with E-state index in [1.54, 1.807) is 0 Å². The highest BCUT2D eigenvalue weighted by Crippen LogP contribution is 2.35. The second-order valence-corrected chi connectivity index (χ2v) is 6.36. The summed E-state index contributed by atoms with van der Waals surface area (Å²) in [4.78, 5) is 1.47. The lowest BCUT2D eigenvalue weighted by atomic mass is 9.89. The number of nitrogens with zero attached hydrogens (tertiary/aromatic N) is 1. The Hall–Kier alpha value is -1.23. The molecular formula is C18H26F3NO. The Bertz CT molecular complexity index is 540. The molecule has 1 aromatic carbocycles. The number of halogens is 3. The molecule has 0 amide bonds. The van der Waals surface area contributed by atoms with Gasteiger partial charge in [-0.25, -0.2) is 0 Å². The molecule has 1 saturated heterocycles. The molecule has 2 nitrogen and oxygen atoms in total. The fraction of sp³-hybridized carbons (Fsp3) is 0.667. The zero-order chi connectivity index (χ0) is 17.2.